The summed E-state index contributed by atoms with van der Waals surface area (Å²) in [5, 5.41) is 1.08. The van der Waals surface area contributed by atoms with E-state index >= 15 is 0 Å². The van der Waals surface area contributed by atoms with Crippen molar-refractivity contribution >= 4 is 21.9 Å². The van der Waals surface area contributed by atoms with Gasteiger partial charge >= 0.3 is 0 Å². The molecule has 0 saturated carbocycles. The molecule has 0 bridgehead atoms. The van der Waals surface area contributed by atoms with E-state index in [1.54, 1.807) is 14.2 Å². The molecule has 5 aromatic rings. The first-order chi connectivity index (χ1) is 18.1. The van der Waals surface area contributed by atoms with Gasteiger partial charge in [0, 0.05) is 36.7 Å². The fourth-order valence-corrected chi connectivity index (χ4v) is 5.21. The molecular weight excluding hydrogens is 464 g/mol. The molecular formula is C30H30N4O3. The highest BCUT2D eigenvalue weighted by atomic mass is 16.5. The highest BCUT2D eigenvalue weighted by Crippen LogP contribution is 2.39. The van der Waals surface area contributed by atoms with Gasteiger partial charge in [0.1, 0.15) is 23.7 Å². The van der Waals surface area contributed by atoms with E-state index in [1.807, 2.05) is 24.3 Å². The van der Waals surface area contributed by atoms with Crippen LogP contribution < -0.4 is 14.2 Å². The number of hydrogen-bond acceptors (Lipinski definition) is 6. The van der Waals surface area contributed by atoms with Gasteiger partial charge in [0.15, 0.2) is 11.5 Å². The monoisotopic (exact) mass is 494 g/mol. The van der Waals surface area contributed by atoms with E-state index in [4.69, 9.17) is 24.2 Å². The summed E-state index contributed by atoms with van der Waals surface area (Å²) in [6, 6.07) is 20.6. The molecule has 7 heteroatoms. The number of aryl methyl sites for hydroxylation is 2. The summed E-state index contributed by atoms with van der Waals surface area (Å²) in [4.78, 5) is 12.3. The normalized spacial score (nSPS) is 13.8. The van der Waals surface area contributed by atoms with Crippen molar-refractivity contribution in [3.05, 3.63) is 77.6 Å². The first-order valence-corrected chi connectivity index (χ1v) is 12.5. The van der Waals surface area contributed by atoms with E-state index in [9.17, 15) is 0 Å². The van der Waals surface area contributed by atoms with Crippen LogP contribution in [0.25, 0.3) is 33.2 Å². The van der Waals surface area contributed by atoms with Gasteiger partial charge in [-0.1, -0.05) is 24.3 Å². The maximum atomic E-state index is 6.21. The van der Waals surface area contributed by atoms with Gasteiger partial charge in [0.05, 0.1) is 37.5 Å². The largest absolute Gasteiger partial charge is 0.494 e. The Morgan fingerprint density at radius 1 is 0.946 bits per heavy atom. The Bertz CT molecular complexity index is 1630. The lowest BCUT2D eigenvalue weighted by molar-refractivity contribution is 0.212. The zero-order valence-corrected chi connectivity index (χ0v) is 21.6. The first kappa shape index (κ1) is 23.3. The van der Waals surface area contributed by atoms with Crippen LogP contribution in [0.2, 0.25) is 0 Å². The number of imidazole rings is 1. The minimum Gasteiger partial charge on any atom is -0.494 e. The van der Waals surface area contributed by atoms with Crippen LogP contribution in [-0.4, -0.2) is 46.8 Å². The second-order valence-corrected chi connectivity index (χ2v) is 9.48. The van der Waals surface area contributed by atoms with E-state index in [0.717, 1.165) is 87.0 Å². The minimum atomic E-state index is 0.581. The van der Waals surface area contributed by atoms with Crippen LogP contribution in [0.15, 0.2) is 60.7 Å². The predicted octanol–water partition coefficient (Wildman–Crippen LogP) is 5.51. The van der Waals surface area contributed by atoms with Crippen molar-refractivity contribution in [1.29, 1.82) is 0 Å². The average molecular weight is 495 g/mol. The van der Waals surface area contributed by atoms with Crippen molar-refractivity contribution in [3.8, 4) is 28.5 Å². The van der Waals surface area contributed by atoms with E-state index in [-0.39, 0.29) is 0 Å². The van der Waals surface area contributed by atoms with E-state index in [0.29, 0.717) is 6.61 Å². The molecule has 37 heavy (non-hydrogen) atoms. The van der Waals surface area contributed by atoms with Gasteiger partial charge in [-0.15, -0.1) is 0 Å². The topological polar surface area (TPSA) is 61.6 Å². The lowest BCUT2D eigenvalue weighted by Gasteiger charge is -2.19. The zero-order valence-electron chi connectivity index (χ0n) is 21.6. The van der Waals surface area contributed by atoms with Crippen LogP contribution in [0, 0.1) is 6.92 Å². The summed E-state index contributed by atoms with van der Waals surface area (Å²) in [5.74, 6) is 3.32. The average Bonchev–Trinajstić information content (AvgIpc) is 3.09. The van der Waals surface area contributed by atoms with Crippen LogP contribution in [-0.2, 0) is 20.1 Å². The molecule has 0 atom stereocenters. The molecule has 0 radical (unpaired) electrons. The fourth-order valence-electron chi connectivity index (χ4n) is 5.21. The van der Waals surface area contributed by atoms with E-state index in [2.05, 4.69) is 59.8 Å². The Hall–Kier alpha value is -4.10. The maximum Gasteiger partial charge on any atom is 0.165 e. The third-order valence-corrected chi connectivity index (χ3v) is 7.17. The quantitative estimate of drug-likeness (QED) is 0.321. The second-order valence-electron chi connectivity index (χ2n) is 9.48. The van der Waals surface area contributed by atoms with Crippen molar-refractivity contribution in [1.82, 2.24) is 19.4 Å². The molecule has 0 aliphatic carbocycles. The number of aromatic nitrogens is 3. The summed E-state index contributed by atoms with van der Waals surface area (Å²) in [5.41, 5.74) is 7.09. The van der Waals surface area contributed by atoms with Crippen molar-refractivity contribution < 1.29 is 14.2 Å². The number of ether oxygens (including phenoxy) is 3. The van der Waals surface area contributed by atoms with Crippen LogP contribution in [0.4, 0.5) is 0 Å². The third kappa shape index (κ3) is 4.15. The Labute approximate surface area is 216 Å². The highest BCUT2D eigenvalue weighted by molar-refractivity contribution is 5.89. The predicted molar refractivity (Wildman–Crippen MR) is 145 cm³/mol. The molecule has 7 nitrogen and oxygen atoms in total. The van der Waals surface area contributed by atoms with Crippen LogP contribution >= 0.6 is 0 Å². The van der Waals surface area contributed by atoms with Gasteiger partial charge in [-0.05, 0) is 48.9 Å². The van der Waals surface area contributed by atoms with Gasteiger partial charge in [-0.25, -0.2) is 9.97 Å². The molecule has 188 valence electrons. The lowest BCUT2D eigenvalue weighted by Crippen LogP contribution is -2.26. The summed E-state index contributed by atoms with van der Waals surface area (Å²) < 4.78 is 19.8. The van der Waals surface area contributed by atoms with Crippen LogP contribution in [0.5, 0.6) is 17.2 Å². The Balaban J connectivity index is 1.39. The summed E-state index contributed by atoms with van der Waals surface area (Å²) in [6.45, 7) is 4.93. The van der Waals surface area contributed by atoms with Gasteiger partial charge in [-0.2, -0.15) is 0 Å². The summed E-state index contributed by atoms with van der Waals surface area (Å²) >= 11 is 0. The molecule has 3 heterocycles. The van der Waals surface area contributed by atoms with Crippen LogP contribution in [0.1, 0.15) is 17.0 Å². The molecule has 3 aromatic carbocycles. The molecule has 0 amide bonds. The highest BCUT2D eigenvalue weighted by Gasteiger charge is 2.23. The molecule has 0 saturated heterocycles. The SMILES string of the molecule is COc1cc(-c2cc(C)c3cccc(OC)c3n2)cc2c1OCCN(Cc1nc3ccccc3n1C)C2. The number of methoxy groups -OCH3 is 2. The van der Waals surface area contributed by atoms with Crippen LogP contribution in [0.3, 0.4) is 0 Å². The maximum absolute atomic E-state index is 6.21. The van der Waals surface area contributed by atoms with Gasteiger partial charge in [-0.3, -0.25) is 4.90 Å². The first-order valence-electron chi connectivity index (χ1n) is 12.5. The zero-order chi connectivity index (χ0) is 25.5. The number of rotatable bonds is 5. The molecule has 6 rings (SSSR count). The minimum absolute atomic E-state index is 0.581. The lowest BCUT2D eigenvalue weighted by atomic mass is 10.0. The van der Waals surface area contributed by atoms with E-state index < -0.39 is 0 Å². The molecule has 0 spiro atoms. The molecule has 2 aromatic heterocycles. The van der Waals surface area contributed by atoms with Gasteiger partial charge in [0.2, 0.25) is 0 Å². The van der Waals surface area contributed by atoms with Crippen molar-refractivity contribution in [2.75, 3.05) is 27.4 Å². The van der Waals surface area contributed by atoms with Gasteiger partial charge in [0.25, 0.3) is 0 Å². The number of hydrogen-bond donors (Lipinski definition) is 0. The molecule has 0 N–H and O–H groups in total. The number of pyridine rings is 1. The molecule has 1 aliphatic rings. The van der Waals surface area contributed by atoms with Crippen molar-refractivity contribution in [2.45, 2.75) is 20.0 Å². The Kier molecular flexibility index (Phi) is 5.93. The number of para-hydroxylation sites is 3. The van der Waals surface area contributed by atoms with Crippen molar-refractivity contribution in [2.24, 2.45) is 7.05 Å². The number of fused-ring (bicyclic) bond motifs is 3. The van der Waals surface area contributed by atoms with Gasteiger partial charge < -0.3 is 18.8 Å². The molecule has 0 fully saturated rings. The Morgan fingerprint density at radius 3 is 2.59 bits per heavy atom. The fraction of sp³-hybridized carbons (Fsp3) is 0.267. The van der Waals surface area contributed by atoms with E-state index in [1.165, 1.54) is 0 Å². The molecule has 0 unspecified atom stereocenters. The number of benzene rings is 3. The molecule has 1 aliphatic heterocycles. The number of nitrogens with zero attached hydrogens (tertiary/aromatic N) is 4. The van der Waals surface area contributed by atoms with Crippen molar-refractivity contribution in [3.63, 3.8) is 0 Å². The smallest absolute Gasteiger partial charge is 0.165 e. The summed E-state index contributed by atoms with van der Waals surface area (Å²) in [7, 11) is 5.45. The second kappa shape index (κ2) is 9.41. The summed E-state index contributed by atoms with van der Waals surface area (Å²) in [6.07, 6.45) is 0. The standard InChI is InChI=1S/C30H30N4O3/c1-19-14-24(32-29-22(19)8-7-11-26(29)35-3)20-15-21-17-34(12-13-37-30(21)27(16-20)36-4)18-28-31-23-9-5-6-10-25(23)33(28)2/h5-11,14-16H,12-13,17-18H2,1-4H3. The third-order valence-electron chi connectivity index (χ3n) is 7.17. The Morgan fingerprint density at radius 2 is 1.78 bits per heavy atom.